The maximum absolute atomic E-state index is 13.0. The molecule has 3 aromatic rings. The Morgan fingerprint density at radius 1 is 1.32 bits per heavy atom. The molecule has 9 heteroatoms. The standard InChI is InChI=1S/C22H24N4O4S/c1-29-10-8-23-20(27)19-18(15-3-2-7-24-21(15)31-19)14-6-9-26(12-14)22(28)16-11-17(30-25-16)13-4-5-13/h2-3,7,11,13-14H,4-6,8-10,12H2,1H3,(H,23,27)/t14-/m1/s1. The van der Waals surface area contributed by atoms with Gasteiger partial charge in [0.1, 0.15) is 10.6 Å². The molecule has 2 fully saturated rings. The molecule has 1 aliphatic carbocycles. The Hall–Kier alpha value is -2.78. The fraction of sp³-hybridized carbons (Fsp3) is 0.455. The van der Waals surface area contributed by atoms with Crippen LogP contribution in [0.5, 0.6) is 0 Å². The fourth-order valence-corrected chi connectivity index (χ4v) is 5.31. The number of nitrogens with one attached hydrogen (secondary N) is 1. The zero-order chi connectivity index (χ0) is 21.4. The topological polar surface area (TPSA) is 97.6 Å². The molecule has 4 heterocycles. The molecule has 1 N–H and O–H groups in total. The van der Waals surface area contributed by atoms with Crippen LogP contribution in [0.1, 0.15) is 62.6 Å². The maximum Gasteiger partial charge on any atom is 0.276 e. The Morgan fingerprint density at radius 2 is 2.19 bits per heavy atom. The summed E-state index contributed by atoms with van der Waals surface area (Å²) in [5.41, 5.74) is 1.36. The number of fused-ring (bicyclic) bond motifs is 1. The highest BCUT2D eigenvalue weighted by molar-refractivity contribution is 7.20. The number of likely N-dealkylation sites (tertiary alicyclic amines) is 1. The predicted octanol–water partition coefficient (Wildman–Crippen LogP) is 3.17. The summed E-state index contributed by atoms with van der Waals surface area (Å²) >= 11 is 1.40. The predicted molar refractivity (Wildman–Crippen MR) is 116 cm³/mol. The molecule has 1 atom stereocenters. The van der Waals surface area contributed by atoms with Gasteiger partial charge in [0.25, 0.3) is 11.8 Å². The van der Waals surface area contributed by atoms with E-state index in [1.165, 1.54) is 11.3 Å². The van der Waals surface area contributed by atoms with Crippen molar-refractivity contribution in [3.63, 3.8) is 0 Å². The Morgan fingerprint density at radius 3 is 3.00 bits per heavy atom. The van der Waals surface area contributed by atoms with Gasteiger partial charge >= 0.3 is 0 Å². The van der Waals surface area contributed by atoms with E-state index in [0.29, 0.717) is 42.7 Å². The van der Waals surface area contributed by atoms with E-state index in [1.54, 1.807) is 19.4 Å². The van der Waals surface area contributed by atoms with Crippen LogP contribution in [0.3, 0.4) is 0 Å². The van der Waals surface area contributed by atoms with E-state index >= 15 is 0 Å². The second kappa shape index (κ2) is 8.39. The average Bonchev–Trinajstić information content (AvgIpc) is 3.19. The first-order valence-corrected chi connectivity index (χ1v) is 11.4. The maximum atomic E-state index is 13.0. The molecule has 0 aromatic carbocycles. The van der Waals surface area contributed by atoms with Gasteiger partial charge in [0, 0.05) is 56.2 Å². The number of amides is 2. The number of thiophene rings is 1. The second-order valence-electron chi connectivity index (χ2n) is 8.08. The smallest absolute Gasteiger partial charge is 0.276 e. The van der Waals surface area contributed by atoms with E-state index < -0.39 is 0 Å². The minimum atomic E-state index is -0.120. The van der Waals surface area contributed by atoms with Crippen molar-refractivity contribution in [2.24, 2.45) is 0 Å². The molecule has 1 saturated heterocycles. The molecule has 8 nitrogen and oxygen atoms in total. The van der Waals surface area contributed by atoms with Crippen molar-refractivity contribution in [1.82, 2.24) is 20.4 Å². The Labute approximate surface area is 183 Å². The molecule has 3 aromatic heterocycles. The van der Waals surface area contributed by atoms with Gasteiger partial charge in [-0.3, -0.25) is 9.59 Å². The van der Waals surface area contributed by atoms with Gasteiger partial charge in [0.2, 0.25) is 0 Å². The molecule has 0 unspecified atom stereocenters. The quantitative estimate of drug-likeness (QED) is 0.567. The molecular weight excluding hydrogens is 416 g/mol. The summed E-state index contributed by atoms with van der Waals surface area (Å²) in [6.45, 7) is 2.07. The van der Waals surface area contributed by atoms with Crippen LogP contribution in [0.15, 0.2) is 28.9 Å². The largest absolute Gasteiger partial charge is 0.383 e. The lowest BCUT2D eigenvalue weighted by molar-refractivity contribution is 0.0780. The van der Waals surface area contributed by atoms with Crippen LogP contribution >= 0.6 is 11.3 Å². The van der Waals surface area contributed by atoms with Crippen LogP contribution < -0.4 is 5.32 Å². The molecule has 1 saturated carbocycles. The van der Waals surface area contributed by atoms with Gasteiger partial charge in [0.15, 0.2) is 5.69 Å². The van der Waals surface area contributed by atoms with Crippen molar-refractivity contribution in [2.75, 3.05) is 33.4 Å². The van der Waals surface area contributed by atoms with Crippen LogP contribution in [-0.4, -0.2) is 60.2 Å². The molecule has 5 rings (SSSR count). The lowest BCUT2D eigenvalue weighted by atomic mass is 9.95. The number of hydrogen-bond donors (Lipinski definition) is 1. The van der Waals surface area contributed by atoms with Gasteiger partial charge in [-0.1, -0.05) is 11.2 Å². The van der Waals surface area contributed by atoms with Crippen LogP contribution in [0, 0.1) is 0 Å². The number of methoxy groups -OCH3 is 1. The van der Waals surface area contributed by atoms with E-state index in [1.807, 2.05) is 17.0 Å². The summed E-state index contributed by atoms with van der Waals surface area (Å²) in [5.74, 6) is 1.07. The molecule has 2 aliphatic rings. The summed E-state index contributed by atoms with van der Waals surface area (Å²) in [5, 5.41) is 7.90. The van der Waals surface area contributed by atoms with Crippen molar-refractivity contribution in [2.45, 2.75) is 31.1 Å². The minimum absolute atomic E-state index is 0.0693. The van der Waals surface area contributed by atoms with E-state index in [2.05, 4.69) is 15.5 Å². The Balaban J connectivity index is 1.38. The van der Waals surface area contributed by atoms with E-state index in [-0.39, 0.29) is 17.7 Å². The lowest BCUT2D eigenvalue weighted by Gasteiger charge is -2.16. The van der Waals surface area contributed by atoms with Crippen molar-refractivity contribution in [3.8, 4) is 0 Å². The Kier molecular flexibility index (Phi) is 5.45. The number of hydrogen-bond acceptors (Lipinski definition) is 7. The third kappa shape index (κ3) is 3.95. The summed E-state index contributed by atoms with van der Waals surface area (Å²) in [4.78, 5) is 33.6. The number of carbonyl (C=O) groups is 2. The molecule has 1 aliphatic heterocycles. The van der Waals surface area contributed by atoms with Crippen molar-refractivity contribution < 1.29 is 18.8 Å². The number of aromatic nitrogens is 2. The van der Waals surface area contributed by atoms with Crippen molar-refractivity contribution in [3.05, 3.63) is 46.3 Å². The van der Waals surface area contributed by atoms with Crippen LogP contribution in [0.25, 0.3) is 10.2 Å². The van der Waals surface area contributed by atoms with Crippen molar-refractivity contribution >= 4 is 33.4 Å². The second-order valence-corrected chi connectivity index (χ2v) is 9.07. The first kappa shape index (κ1) is 20.1. The summed E-state index contributed by atoms with van der Waals surface area (Å²) in [6.07, 6.45) is 4.73. The van der Waals surface area contributed by atoms with E-state index in [0.717, 1.165) is 40.8 Å². The first-order valence-electron chi connectivity index (χ1n) is 10.6. The first-order chi connectivity index (χ1) is 15.2. The highest BCUT2D eigenvalue weighted by Gasteiger charge is 2.35. The Bertz CT molecular complexity index is 1120. The van der Waals surface area contributed by atoms with Gasteiger partial charge in [-0.2, -0.15) is 0 Å². The third-order valence-corrected chi connectivity index (χ3v) is 7.04. The molecule has 0 spiro atoms. The van der Waals surface area contributed by atoms with Gasteiger partial charge in [-0.15, -0.1) is 11.3 Å². The summed E-state index contributed by atoms with van der Waals surface area (Å²) < 4.78 is 10.4. The molecule has 0 radical (unpaired) electrons. The molecular formula is C22H24N4O4S. The number of pyridine rings is 1. The molecule has 31 heavy (non-hydrogen) atoms. The molecule has 162 valence electrons. The summed E-state index contributed by atoms with van der Waals surface area (Å²) in [6, 6.07) is 5.67. The number of rotatable bonds is 7. The highest BCUT2D eigenvalue weighted by Crippen LogP contribution is 2.41. The SMILES string of the molecule is COCCNC(=O)c1sc2ncccc2c1[C@@H]1CCN(C(=O)c2cc(C3CC3)on2)C1. The number of carbonyl (C=O) groups excluding carboxylic acids is 2. The normalized spacial score (nSPS) is 18.6. The third-order valence-electron chi connectivity index (χ3n) is 5.91. The van der Waals surface area contributed by atoms with E-state index in [9.17, 15) is 9.59 Å². The van der Waals surface area contributed by atoms with Gasteiger partial charge < -0.3 is 19.5 Å². The zero-order valence-corrected chi connectivity index (χ0v) is 18.1. The van der Waals surface area contributed by atoms with Crippen LogP contribution in [0.4, 0.5) is 0 Å². The monoisotopic (exact) mass is 440 g/mol. The average molecular weight is 441 g/mol. The highest BCUT2D eigenvalue weighted by atomic mass is 32.1. The van der Waals surface area contributed by atoms with Gasteiger partial charge in [0.05, 0.1) is 11.5 Å². The van der Waals surface area contributed by atoms with Gasteiger partial charge in [-0.05, 0) is 30.9 Å². The fourth-order valence-electron chi connectivity index (χ4n) is 4.16. The lowest BCUT2D eigenvalue weighted by Crippen LogP contribution is -2.29. The van der Waals surface area contributed by atoms with E-state index in [4.69, 9.17) is 9.26 Å². The van der Waals surface area contributed by atoms with Gasteiger partial charge in [-0.25, -0.2) is 4.98 Å². The number of nitrogens with zero attached hydrogens (tertiary/aromatic N) is 3. The van der Waals surface area contributed by atoms with Crippen LogP contribution in [0.2, 0.25) is 0 Å². The zero-order valence-electron chi connectivity index (χ0n) is 17.3. The number of ether oxygens (including phenoxy) is 1. The van der Waals surface area contributed by atoms with Crippen molar-refractivity contribution in [1.29, 1.82) is 0 Å². The summed E-state index contributed by atoms with van der Waals surface area (Å²) in [7, 11) is 1.60. The molecule has 2 amide bonds. The van der Waals surface area contributed by atoms with Crippen LogP contribution in [-0.2, 0) is 4.74 Å². The minimum Gasteiger partial charge on any atom is -0.383 e. The molecule has 0 bridgehead atoms.